The Balaban J connectivity index is 1.66. The fourth-order valence-electron chi connectivity index (χ4n) is 2.96. The molecule has 3 heteroatoms. The van der Waals surface area contributed by atoms with E-state index in [1.165, 1.54) is 30.2 Å². The molecule has 3 nitrogen and oxygen atoms in total. The highest BCUT2D eigenvalue weighted by Crippen LogP contribution is 2.26. The van der Waals surface area contributed by atoms with E-state index in [1.807, 2.05) is 12.1 Å². The van der Waals surface area contributed by atoms with Crippen LogP contribution in [0.1, 0.15) is 37.5 Å². The van der Waals surface area contributed by atoms with Crippen LogP contribution in [0, 0.1) is 0 Å². The zero-order valence-electron chi connectivity index (χ0n) is 12.2. The van der Waals surface area contributed by atoms with Gasteiger partial charge in [-0.25, -0.2) is 0 Å². The van der Waals surface area contributed by atoms with Crippen molar-refractivity contribution in [3.05, 3.63) is 35.6 Å². The third-order valence-corrected chi connectivity index (χ3v) is 4.05. The van der Waals surface area contributed by atoms with Gasteiger partial charge in [0.05, 0.1) is 6.10 Å². The van der Waals surface area contributed by atoms with Gasteiger partial charge in [-0.05, 0) is 25.3 Å². The average molecular weight is 273 g/mol. The van der Waals surface area contributed by atoms with Crippen LogP contribution in [0.4, 0.5) is 0 Å². The van der Waals surface area contributed by atoms with Gasteiger partial charge in [0, 0.05) is 37.1 Å². The molecule has 108 valence electrons. The molecule has 0 spiro atoms. The highest BCUT2D eigenvalue weighted by molar-refractivity contribution is 5.82. The second kappa shape index (κ2) is 6.42. The van der Waals surface area contributed by atoms with Gasteiger partial charge in [-0.15, -0.1) is 0 Å². The van der Waals surface area contributed by atoms with Crippen LogP contribution in [0.2, 0.25) is 0 Å². The number of fused-ring (bicyclic) bond motifs is 1. The number of nitrogens with one attached hydrogen (secondary N) is 1. The van der Waals surface area contributed by atoms with Gasteiger partial charge < -0.3 is 14.5 Å². The first-order valence-electron chi connectivity index (χ1n) is 7.70. The first kappa shape index (κ1) is 13.7. The van der Waals surface area contributed by atoms with Crippen molar-refractivity contribution in [1.29, 1.82) is 0 Å². The van der Waals surface area contributed by atoms with E-state index in [0.29, 0.717) is 6.10 Å². The van der Waals surface area contributed by atoms with Gasteiger partial charge in [0.2, 0.25) is 0 Å². The van der Waals surface area contributed by atoms with Crippen LogP contribution in [0.5, 0.6) is 0 Å². The van der Waals surface area contributed by atoms with Crippen LogP contribution in [-0.2, 0) is 17.7 Å². The molecule has 1 unspecified atom stereocenters. The van der Waals surface area contributed by atoms with Gasteiger partial charge in [0.15, 0.2) is 0 Å². The molecule has 1 fully saturated rings. The third-order valence-electron chi connectivity index (χ3n) is 4.05. The van der Waals surface area contributed by atoms with Crippen molar-refractivity contribution in [1.82, 2.24) is 5.32 Å². The number of para-hydroxylation sites is 1. The highest BCUT2D eigenvalue weighted by Gasteiger charge is 2.15. The summed E-state index contributed by atoms with van der Waals surface area (Å²) in [5.74, 6) is 1.10. The number of aryl methyl sites for hydroxylation is 1. The summed E-state index contributed by atoms with van der Waals surface area (Å²) < 4.78 is 11.7. The van der Waals surface area contributed by atoms with E-state index >= 15 is 0 Å². The second-order valence-electron chi connectivity index (χ2n) is 5.47. The van der Waals surface area contributed by atoms with E-state index in [2.05, 4.69) is 24.4 Å². The lowest BCUT2D eigenvalue weighted by Gasteiger charge is -2.22. The molecular weight excluding hydrogens is 250 g/mol. The molecule has 20 heavy (non-hydrogen) atoms. The molecule has 1 atom stereocenters. The standard InChI is InChI=1S/C17H23NO2/c1-2-16-15(14-8-3-4-9-17(14)20-16)12-18-11-13-7-5-6-10-19-13/h3-4,8-9,13,18H,2,5-7,10-12H2,1H3. The van der Waals surface area contributed by atoms with Crippen molar-refractivity contribution >= 4 is 11.0 Å². The van der Waals surface area contributed by atoms with E-state index in [0.717, 1.165) is 37.5 Å². The van der Waals surface area contributed by atoms with Crippen molar-refractivity contribution in [2.24, 2.45) is 0 Å². The third kappa shape index (κ3) is 2.89. The molecule has 0 radical (unpaired) electrons. The minimum atomic E-state index is 0.381. The number of hydrogen-bond acceptors (Lipinski definition) is 3. The van der Waals surface area contributed by atoms with Crippen LogP contribution >= 0.6 is 0 Å². The smallest absolute Gasteiger partial charge is 0.134 e. The predicted octanol–water partition coefficient (Wildman–Crippen LogP) is 3.65. The fourth-order valence-corrected chi connectivity index (χ4v) is 2.96. The molecule has 2 aromatic rings. The Hall–Kier alpha value is -1.32. The molecule has 1 saturated heterocycles. The highest BCUT2D eigenvalue weighted by atomic mass is 16.5. The lowest BCUT2D eigenvalue weighted by molar-refractivity contribution is 0.0168. The van der Waals surface area contributed by atoms with Crippen molar-refractivity contribution in [3.8, 4) is 0 Å². The zero-order chi connectivity index (χ0) is 13.8. The van der Waals surface area contributed by atoms with Crippen molar-refractivity contribution in [3.63, 3.8) is 0 Å². The SMILES string of the molecule is CCc1oc2ccccc2c1CNCC1CCCCO1. The molecule has 0 amide bonds. The number of furan rings is 1. The Morgan fingerprint density at radius 2 is 2.15 bits per heavy atom. The van der Waals surface area contributed by atoms with Gasteiger partial charge in [0.1, 0.15) is 11.3 Å². The van der Waals surface area contributed by atoms with Gasteiger partial charge in [0.25, 0.3) is 0 Å². The van der Waals surface area contributed by atoms with Crippen molar-refractivity contribution < 1.29 is 9.15 Å². The fraction of sp³-hybridized carbons (Fsp3) is 0.529. The molecule has 3 rings (SSSR count). The molecule has 0 bridgehead atoms. The van der Waals surface area contributed by atoms with Crippen LogP contribution in [-0.4, -0.2) is 19.3 Å². The molecule has 1 aliphatic heterocycles. The summed E-state index contributed by atoms with van der Waals surface area (Å²) in [7, 11) is 0. The topological polar surface area (TPSA) is 34.4 Å². The maximum atomic E-state index is 5.92. The summed E-state index contributed by atoms with van der Waals surface area (Å²) in [5, 5.41) is 4.78. The van der Waals surface area contributed by atoms with Gasteiger partial charge in [-0.2, -0.15) is 0 Å². The Morgan fingerprint density at radius 1 is 1.25 bits per heavy atom. The Kier molecular flexibility index (Phi) is 4.38. The first-order valence-corrected chi connectivity index (χ1v) is 7.70. The normalized spacial score (nSPS) is 19.6. The summed E-state index contributed by atoms with van der Waals surface area (Å²) in [5.41, 5.74) is 2.30. The zero-order valence-corrected chi connectivity index (χ0v) is 12.2. The van der Waals surface area contributed by atoms with Crippen LogP contribution in [0.25, 0.3) is 11.0 Å². The Bertz CT molecular complexity index is 555. The summed E-state index contributed by atoms with van der Waals surface area (Å²) in [6.45, 7) is 4.86. The number of hydrogen-bond donors (Lipinski definition) is 1. The van der Waals surface area contributed by atoms with Crippen molar-refractivity contribution in [2.45, 2.75) is 45.3 Å². The monoisotopic (exact) mass is 273 g/mol. The molecule has 0 saturated carbocycles. The van der Waals surface area contributed by atoms with Crippen molar-refractivity contribution in [2.75, 3.05) is 13.2 Å². The quantitative estimate of drug-likeness (QED) is 0.903. The summed E-state index contributed by atoms with van der Waals surface area (Å²) in [6, 6.07) is 8.29. The maximum absolute atomic E-state index is 5.92. The molecule has 2 heterocycles. The minimum Gasteiger partial charge on any atom is -0.461 e. The number of ether oxygens (including phenoxy) is 1. The largest absolute Gasteiger partial charge is 0.461 e. The predicted molar refractivity (Wildman–Crippen MR) is 80.9 cm³/mol. The van der Waals surface area contributed by atoms with E-state index < -0.39 is 0 Å². The molecular formula is C17H23NO2. The Morgan fingerprint density at radius 3 is 2.95 bits per heavy atom. The summed E-state index contributed by atoms with van der Waals surface area (Å²) in [4.78, 5) is 0. The second-order valence-corrected chi connectivity index (χ2v) is 5.47. The summed E-state index contributed by atoms with van der Waals surface area (Å²) in [6.07, 6.45) is 5.00. The van der Waals surface area contributed by atoms with Crippen LogP contribution in [0.15, 0.2) is 28.7 Å². The molecule has 0 aliphatic carbocycles. The maximum Gasteiger partial charge on any atom is 0.134 e. The number of benzene rings is 1. The lowest BCUT2D eigenvalue weighted by atomic mass is 10.1. The van der Waals surface area contributed by atoms with E-state index in [1.54, 1.807) is 0 Å². The van der Waals surface area contributed by atoms with Gasteiger partial charge in [-0.1, -0.05) is 25.1 Å². The lowest BCUT2D eigenvalue weighted by Crippen LogP contribution is -2.31. The Labute approximate surface area is 120 Å². The van der Waals surface area contributed by atoms with Gasteiger partial charge in [-0.3, -0.25) is 0 Å². The molecule has 1 aromatic heterocycles. The van der Waals surface area contributed by atoms with E-state index in [4.69, 9.17) is 9.15 Å². The van der Waals surface area contributed by atoms with E-state index in [-0.39, 0.29) is 0 Å². The summed E-state index contributed by atoms with van der Waals surface area (Å²) >= 11 is 0. The average Bonchev–Trinajstić information content (AvgIpc) is 2.87. The van der Waals surface area contributed by atoms with Crippen LogP contribution in [0.3, 0.4) is 0 Å². The molecule has 1 N–H and O–H groups in total. The van der Waals surface area contributed by atoms with Gasteiger partial charge >= 0.3 is 0 Å². The first-order chi connectivity index (χ1) is 9.88. The van der Waals surface area contributed by atoms with Crippen LogP contribution < -0.4 is 5.32 Å². The molecule has 1 aliphatic rings. The minimum absolute atomic E-state index is 0.381. The number of rotatable bonds is 5. The van der Waals surface area contributed by atoms with E-state index in [9.17, 15) is 0 Å². The molecule has 1 aromatic carbocycles.